The Balaban J connectivity index is 1.94. The van der Waals surface area contributed by atoms with Crippen molar-refractivity contribution in [1.82, 2.24) is 4.90 Å². The summed E-state index contributed by atoms with van der Waals surface area (Å²) in [4.78, 5) is 27.4. The lowest BCUT2D eigenvalue weighted by Gasteiger charge is -2.32. The molecule has 0 N–H and O–H groups in total. The molecule has 0 spiro atoms. The largest absolute Gasteiger partial charge is 0.375 e. The second-order valence-electron chi connectivity index (χ2n) is 6.09. The van der Waals surface area contributed by atoms with E-state index in [0.717, 1.165) is 31.6 Å². The molecular formula is C16H21N3O4. The number of anilines is 1. The monoisotopic (exact) mass is 319 g/mol. The molecule has 2 saturated heterocycles. The van der Waals surface area contributed by atoms with Crippen molar-refractivity contribution < 1.29 is 14.5 Å². The quantitative estimate of drug-likeness (QED) is 0.629. The van der Waals surface area contributed by atoms with E-state index in [1.807, 2.05) is 6.92 Å². The van der Waals surface area contributed by atoms with Crippen LogP contribution in [0.15, 0.2) is 18.2 Å². The van der Waals surface area contributed by atoms with Crippen LogP contribution in [0.25, 0.3) is 0 Å². The lowest BCUT2D eigenvalue weighted by Crippen LogP contribution is -2.44. The molecule has 1 amide bonds. The maximum absolute atomic E-state index is 12.9. The number of nitro benzene ring substituents is 1. The zero-order chi connectivity index (χ0) is 16.4. The third-order valence-electron chi connectivity index (χ3n) is 4.40. The number of carbonyl (C=O) groups excluding carboxylic acids is 1. The second kappa shape index (κ2) is 6.54. The number of morpholine rings is 1. The first-order valence-corrected chi connectivity index (χ1v) is 8.00. The van der Waals surface area contributed by atoms with Crippen molar-refractivity contribution in [3.05, 3.63) is 33.9 Å². The molecule has 1 aromatic carbocycles. The van der Waals surface area contributed by atoms with E-state index in [1.54, 1.807) is 11.0 Å². The Morgan fingerprint density at radius 2 is 2.04 bits per heavy atom. The number of carbonyl (C=O) groups is 1. The van der Waals surface area contributed by atoms with E-state index < -0.39 is 4.92 Å². The minimum Gasteiger partial charge on any atom is -0.375 e. The molecular weight excluding hydrogens is 298 g/mol. The van der Waals surface area contributed by atoms with Crippen molar-refractivity contribution in [2.45, 2.75) is 25.9 Å². The number of hydrogen-bond acceptors (Lipinski definition) is 5. The first-order valence-electron chi connectivity index (χ1n) is 8.00. The van der Waals surface area contributed by atoms with Gasteiger partial charge < -0.3 is 14.5 Å². The van der Waals surface area contributed by atoms with Crippen molar-refractivity contribution in [1.29, 1.82) is 0 Å². The van der Waals surface area contributed by atoms with Crippen molar-refractivity contribution in [3.8, 4) is 0 Å². The molecule has 124 valence electrons. The van der Waals surface area contributed by atoms with Crippen LogP contribution in [0.1, 0.15) is 30.1 Å². The number of hydrogen-bond donors (Lipinski definition) is 0. The van der Waals surface area contributed by atoms with Crippen LogP contribution in [0.4, 0.5) is 11.4 Å². The number of nitro groups is 1. The Labute approximate surface area is 135 Å². The first-order chi connectivity index (χ1) is 11.1. The summed E-state index contributed by atoms with van der Waals surface area (Å²) in [6.45, 7) is 5.23. The maximum Gasteiger partial charge on any atom is 0.270 e. The predicted octanol–water partition coefficient (Wildman–Crippen LogP) is 2.06. The average Bonchev–Trinajstić information content (AvgIpc) is 3.08. The normalized spacial score (nSPS) is 21.5. The van der Waals surface area contributed by atoms with Gasteiger partial charge in [0.25, 0.3) is 11.6 Å². The van der Waals surface area contributed by atoms with E-state index in [2.05, 4.69) is 4.90 Å². The van der Waals surface area contributed by atoms with Gasteiger partial charge in [0.05, 0.1) is 28.9 Å². The van der Waals surface area contributed by atoms with Gasteiger partial charge >= 0.3 is 0 Å². The first kappa shape index (κ1) is 15.7. The van der Waals surface area contributed by atoms with E-state index in [9.17, 15) is 14.9 Å². The van der Waals surface area contributed by atoms with Gasteiger partial charge in [-0.2, -0.15) is 0 Å². The zero-order valence-corrected chi connectivity index (χ0v) is 13.2. The minimum absolute atomic E-state index is 0.0124. The van der Waals surface area contributed by atoms with E-state index in [0.29, 0.717) is 25.3 Å². The number of rotatable bonds is 3. The number of amides is 1. The Morgan fingerprint density at radius 1 is 1.30 bits per heavy atom. The van der Waals surface area contributed by atoms with Gasteiger partial charge in [0.1, 0.15) is 0 Å². The van der Waals surface area contributed by atoms with Crippen molar-refractivity contribution in [3.63, 3.8) is 0 Å². The van der Waals surface area contributed by atoms with Crippen molar-refractivity contribution >= 4 is 17.3 Å². The minimum atomic E-state index is -0.452. The fourth-order valence-electron chi connectivity index (χ4n) is 3.22. The molecule has 0 bridgehead atoms. The van der Waals surface area contributed by atoms with Gasteiger partial charge in [0, 0.05) is 38.3 Å². The molecule has 3 rings (SSSR count). The maximum atomic E-state index is 12.9. The van der Waals surface area contributed by atoms with Crippen molar-refractivity contribution in [2.24, 2.45) is 0 Å². The van der Waals surface area contributed by atoms with E-state index in [-0.39, 0.29) is 17.7 Å². The van der Waals surface area contributed by atoms with E-state index in [4.69, 9.17) is 4.74 Å². The average molecular weight is 319 g/mol. The molecule has 2 aliphatic rings. The summed E-state index contributed by atoms with van der Waals surface area (Å²) >= 11 is 0. The van der Waals surface area contributed by atoms with Gasteiger partial charge in [-0.3, -0.25) is 14.9 Å². The predicted molar refractivity (Wildman–Crippen MR) is 85.9 cm³/mol. The second-order valence-corrected chi connectivity index (χ2v) is 6.09. The van der Waals surface area contributed by atoms with Gasteiger partial charge in [-0.1, -0.05) is 0 Å². The third kappa shape index (κ3) is 3.29. The Morgan fingerprint density at radius 3 is 2.70 bits per heavy atom. The van der Waals surface area contributed by atoms with E-state index >= 15 is 0 Å². The molecule has 7 heteroatoms. The molecule has 1 aromatic rings. The number of ether oxygens (including phenoxy) is 1. The fraction of sp³-hybridized carbons (Fsp3) is 0.562. The van der Waals surface area contributed by atoms with Gasteiger partial charge in [-0.15, -0.1) is 0 Å². The summed E-state index contributed by atoms with van der Waals surface area (Å²) < 4.78 is 5.47. The molecule has 2 heterocycles. The van der Waals surface area contributed by atoms with Crippen LogP contribution in [-0.4, -0.2) is 54.6 Å². The van der Waals surface area contributed by atoms with Crippen molar-refractivity contribution in [2.75, 3.05) is 37.7 Å². The van der Waals surface area contributed by atoms with Crippen LogP contribution in [0.3, 0.4) is 0 Å². The Hall–Kier alpha value is -2.15. The van der Waals surface area contributed by atoms with Crippen LogP contribution in [0.2, 0.25) is 0 Å². The molecule has 1 unspecified atom stereocenters. The molecule has 0 radical (unpaired) electrons. The summed E-state index contributed by atoms with van der Waals surface area (Å²) in [5.41, 5.74) is 1.19. The fourth-order valence-corrected chi connectivity index (χ4v) is 3.22. The summed E-state index contributed by atoms with van der Waals surface area (Å²) in [5, 5.41) is 11.1. The molecule has 7 nitrogen and oxygen atoms in total. The van der Waals surface area contributed by atoms with Gasteiger partial charge in [0.2, 0.25) is 0 Å². The Kier molecular flexibility index (Phi) is 4.47. The van der Waals surface area contributed by atoms with Gasteiger partial charge in [-0.25, -0.2) is 0 Å². The lowest BCUT2D eigenvalue weighted by atomic mass is 10.1. The molecule has 23 heavy (non-hydrogen) atoms. The Bertz CT molecular complexity index is 613. The highest BCUT2D eigenvalue weighted by atomic mass is 16.6. The summed E-state index contributed by atoms with van der Waals surface area (Å²) in [6.07, 6.45) is 2.15. The van der Waals surface area contributed by atoms with Crippen LogP contribution >= 0.6 is 0 Å². The zero-order valence-electron chi connectivity index (χ0n) is 13.2. The molecule has 0 saturated carbocycles. The molecule has 2 aliphatic heterocycles. The highest BCUT2D eigenvalue weighted by molar-refractivity contribution is 6.00. The number of nitrogens with zero attached hydrogens (tertiary/aromatic N) is 3. The highest BCUT2D eigenvalue weighted by Gasteiger charge is 2.28. The summed E-state index contributed by atoms with van der Waals surface area (Å²) in [6, 6.07) is 4.60. The molecule has 1 atom stereocenters. The van der Waals surface area contributed by atoms with Crippen LogP contribution in [-0.2, 0) is 4.74 Å². The summed E-state index contributed by atoms with van der Waals surface area (Å²) in [7, 11) is 0. The smallest absolute Gasteiger partial charge is 0.270 e. The molecule has 2 fully saturated rings. The lowest BCUT2D eigenvalue weighted by molar-refractivity contribution is -0.384. The number of benzene rings is 1. The van der Waals surface area contributed by atoms with Crippen LogP contribution in [0, 0.1) is 10.1 Å². The van der Waals surface area contributed by atoms with Gasteiger partial charge in [0.15, 0.2) is 0 Å². The van der Waals surface area contributed by atoms with Crippen LogP contribution < -0.4 is 4.90 Å². The highest BCUT2D eigenvalue weighted by Crippen LogP contribution is 2.29. The standard InChI is InChI=1S/C16H21N3O4/c1-12-11-18(8-9-23-12)16(20)14-10-13(19(21)22)4-5-15(14)17-6-2-3-7-17/h4-5,10,12H,2-3,6-9,11H2,1H3. The van der Waals surface area contributed by atoms with Gasteiger partial charge in [-0.05, 0) is 25.8 Å². The van der Waals surface area contributed by atoms with Crippen LogP contribution in [0.5, 0.6) is 0 Å². The van der Waals surface area contributed by atoms with E-state index in [1.165, 1.54) is 12.1 Å². The number of non-ortho nitro benzene ring substituents is 1. The third-order valence-corrected chi connectivity index (χ3v) is 4.40. The molecule has 0 aromatic heterocycles. The summed E-state index contributed by atoms with van der Waals surface area (Å²) in [5.74, 6) is -0.147. The molecule has 0 aliphatic carbocycles. The SMILES string of the molecule is CC1CN(C(=O)c2cc([N+](=O)[O-])ccc2N2CCCC2)CCO1. The topological polar surface area (TPSA) is 75.9 Å².